The van der Waals surface area contributed by atoms with Crippen molar-refractivity contribution in [2.75, 3.05) is 0 Å². The second kappa shape index (κ2) is 8.03. The highest BCUT2D eigenvalue weighted by Crippen LogP contribution is 2.40. The van der Waals surface area contributed by atoms with E-state index in [0.717, 1.165) is 5.75 Å². The molecule has 0 fully saturated rings. The van der Waals surface area contributed by atoms with E-state index in [1.54, 1.807) is 11.8 Å². The molecule has 0 N–H and O–H groups in total. The fourth-order valence-corrected chi connectivity index (χ4v) is 5.96. The second-order valence-electron chi connectivity index (χ2n) is 4.93. The summed E-state index contributed by atoms with van der Waals surface area (Å²) < 4.78 is 0. The van der Waals surface area contributed by atoms with Gasteiger partial charge in [0.15, 0.2) is 0 Å². The third-order valence-electron chi connectivity index (χ3n) is 3.15. The molecule has 0 spiro atoms. The van der Waals surface area contributed by atoms with Crippen LogP contribution in [-0.2, 0) is 5.75 Å². The van der Waals surface area contributed by atoms with Crippen molar-refractivity contribution in [2.24, 2.45) is 0 Å². The zero-order valence-electron chi connectivity index (χ0n) is 12.7. The molecule has 23 heavy (non-hydrogen) atoms. The van der Waals surface area contributed by atoms with Crippen LogP contribution in [0.2, 0.25) is 0 Å². The molecule has 0 bridgehead atoms. The number of thioether (sulfide) groups is 1. The van der Waals surface area contributed by atoms with E-state index < -0.39 is 0 Å². The minimum atomic E-state index is 0.711. The molecule has 0 amide bonds. The molecule has 4 heteroatoms. The van der Waals surface area contributed by atoms with Crippen LogP contribution in [0.1, 0.15) is 16.2 Å². The van der Waals surface area contributed by atoms with Gasteiger partial charge in [-0.15, -0.1) is 58.1 Å². The van der Waals surface area contributed by atoms with Crippen molar-refractivity contribution in [3.05, 3.63) is 57.6 Å². The van der Waals surface area contributed by atoms with Crippen LogP contribution in [0.25, 0.3) is 19.5 Å². The van der Waals surface area contributed by atoms with Crippen LogP contribution < -0.4 is 0 Å². The summed E-state index contributed by atoms with van der Waals surface area (Å²) >= 11 is 7.42. The van der Waals surface area contributed by atoms with Gasteiger partial charge in [0.1, 0.15) is 0 Å². The molecular weight excluding hydrogens is 356 g/mol. The van der Waals surface area contributed by atoms with Gasteiger partial charge in [-0.1, -0.05) is 6.08 Å². The third kappa shape index (κ3) is 4.39. The van der Waals surface area contributed by atoms with Gasteiger partial charge >= 0.3 is 0 Å². The molecule has 0 unspecified atom stereocenters. The lowest BCUT2D eigenvalue weighted by molar-refractivity contribution is 1.48. The molecular formula is C19H16S4. The molecule has 0 aliphatic carbocycles. The van der Waals surface area contributed by atoms with Crippen molar-refractivity contribution in [3.8, 4) is 31.9 Å². The third-order valence-corrected chi connectivity index (χ3v) is 7.76. The number of hydrogen-bond donors (Lipinski definition) is 0. The van der Waals surface area contributed by atoms with Crippen molar-refractivity contribution < 1.29 is 0 Å². The van der Waals surface area contributed by atoms with E-state index in [2.05, 4.69) is 54.7 Å². The predicted octanol–water partition coefficient (Wildman–Crippen LogP) is 7.28. The van der Waals surface area contributed by atoms with E-state index in [-0.39, 0.29) is 0 Å². The Bertz CT molecular complexity index is 839. The fraction of sp³-hybridized carbons (Fsp3) is 0.158. The average molecular weight is 373 g/mol. The minimum Gasteiger partial charge on any atom is -0.140 e. The maximum atomic E-state index is 5.23. The Kier molecular flexibility index (Phi) is 5.80. The highest BCUT2D eigenvalue weighted by Gasteiger charge is 2.08. The van der Waals surface area contributed by atoms with Gasteiger partial charge in [0.2, 0.25) is 0 Å². The minimum absolute atomic E-state index is 0.711. The van der Waals surface area contributed by atoms with Gasteiger partial charge in [0.05, 0.1) is 0 Å². The first kappa shape index (κ1) is 16.6. The number of thiophene rings is 3. The van der Waals surface area contributed by atoms with Crippen LogP contribution in [0.5, 0.6) is 0 Å². The highest BCUT2D eigenvalue weighted by atomic mass is 32.2. The van der Waals surface area contributed by atoms with Crippen molar-refractivity contribution in [1.82, 2.24) is 0 Å². The van der Waals surface area contributed by atoms with E-state index in [1.807, 2.05) is 40.1 Å². The smallest absolute Gasteiger partial charge is 0.0449 e. The first-order chi connectivity index (χ1) is 11.3. The van der Waals surface area contributed by atoms with Gasteiger partial charge in [-0.2, -0.15) is 0 Å². The Hall–Kier alpha value is -1.25. The fourth-order valence-electron chi connectivity index (χ4n) is 2.07. The number of hydrogen-bond acceptors (Lipinski definition) is 4. The van der Waals surface area contributed by atoms with Crippen LogP contribution in [0.15, 0.2) is 47.9 Å². The number of aryl methyl sites for hydroxylation is 1. The van der Waals surface area contributed by atoms with Crippen molar-refractivity contribution in [2.45, 2.75) is 19.1 Å². The van der Waals surface area contributed by atoms with Gasteiger partial charge in [0.25, 0.3) is 0 Å². The Morgan fingerprint density at radius 2 is 1.61 bits per heavy atom. The Balaban J connectivity index is 1.66. The molecule has 3 aromatic rings. The SMILES string of the molecule is C#CC/C=C\SCc1ccc(-c2ccc(-c3ccc(C)s3)s2)s1. The molecule has 3 aromatic heterocycles. The lowest BCUT2D eigenvalue weighted by atomic mass is 10.3. The molecule has 3 rings (SSSR count). The van der Waals surface area contributed by atoms with Crippen LogP contribution in [0, 0.1) is 19.3 Å². The summed E-state index contributed by atoms with van der Waals surface area (Å²) in [6.45, 7) is 2.16. The van der Waals surface area contributed by atoms with E-state index in [1.165, 1.54) is 29.3 Å². The Labute approximate surface area is 153 Å². The topological polar surface area (TPSA) is 0 Å². The summed E-state index contributed by atoms with van der Waals surface area (Å²) in [4.78, 5) is 8.21. The van der Waals surface area contributed by atoms with E-state index in [0.29, 0.717) is 6.42 Å². The molecule has 0 radical (unpaired) electrons. The largest absolute Gasteiger partial charge is 0.140 e. The quantitative estimate of drug-likeness (QED) is 0.410. The van der Waals surface area contributed by atoms with Crippen molar-refractivity contribution in [3.63, 3.8) is 0 Å². The van der Waals surface area contributed by atoms with Crippen LogP contribution in [0.3, 0.4) is 0 Å². The molecule has 0 aliphatic heterocycles. The van der Waals surface area contributed by atoms with Crippen molar-refractivity contribution in [1.29, 1.82) is 0 Å². The van der Waals surface area contributed by atoms with E-state index in [4.69, 9.17) is 6.42 Å². The number of terminal acetylenes is 1. The van der Waals surface area contributed by atoms with E-state index >= 15 is 0 Å². The monoisotopic (exact) mass is 372 g/mol. The normalized spacial score (nSPS) is 11.1. The lowest BCUT2D eigenvalue weighted by Crippen LogP contribution is -1.67. The standard InChI is InChI=1S/C19H16S4/c1-3-4-5-12-20-13-15-7-9-17(22-15)19-11-10-18(23-19)16-8-6-14(2)21-16/h1,5-12H,4,13H2,2H3/b12-5-. The zero-order chi connectivity index (χ0) is 16.1. The average Bonchev–Trinajstić information content (AvgIpc) is 3.26. The van der Waals surface area contributed by atoms with Crippen LogP contribution in [0.4, 0.5) is 0 Å². The maximum Gasteiger partial charge on any atom is 0.0449 e. The summed E-state index contributed by atoms with van der Waals surface area (Å²) in [5.74, 6) is 3.62. The van der Waals surface area contributed by atoms with Gasteiger partial charge in [-0.05, 0) is 48.7 Å². The summed E-state index contributed by atoms with van der Waals surface area (Å²) in [5, 5.41) is 2.10. The molecule has 0 nitrogen and oxygen atoms in total. The maximum absolute atomic E-state index is 5.23. The van der Waals surface area contributed by atoms with E-state index in [9.17, 15) is 0 Å². The molecule has 0 saturated heterocycles. The van der Waals surface area contributed by atoms with Gasteiger partial charge in [0, 0.05) is 41.4 Å². The Morgan fingerprint density at radius 1 is 0.957 bits per heavy atom. The first-order valence-corrected chi connectivity index (χ1v) is 10.7. The molecule has 0 saturated carbocycles. The zero-order valence-corrected chi connectivity index (χ0v) is 16.0. The summed E-state index contributed by atoms with van der Waals surface area (Å²) in [6, 6.07) is 13.4. The molecule has 0 aromatic carbocycles. The van der Waals surface area contributed by atoms with Gasteiger partial charge < -0.3 is 0 Å². The highest BCUT2D eigenvalue weighted by molar-refractivity contribution is 8.01. The predicted molar refractivity (Wildman–Crippen MR) is 110 cm³/mol. The van der Waals surface area contributed by atoms with Crippen LogP contribution >= 0.6 is 45.8 Å². The molecule has 0 atom stereocenters. The second-order valence-corrected chi connectivity index (χ2v) is 9.37. The molecule has 0 aliphatic rings. The van der Waals surface area contributed by atoms with Crippen molar-refractivity contribution >= 4 is 45.8 Å². The van der Waals surface area contributed by atoms with Crippen LogP contribution in [-0.4, -0.2) is 0 Å². The summed E-state index contributed by atoms with van der Waals surface area (Å²) in [7, 11) is 0. The molecule has 116 valence electrons. The Morgan fingerprint density at radius 3 is 2.30 bits per heavy atom. The molecule has 3 heterocycles. The number of allylic oxidation sites excluding steroid dienone is 1. The van der Waals surface area contributed by atoms with Gasteiger partial charge in [-0.25, -0.2) is 0 Å². The van der Waals surface area contributed by atoms with Gasteiger partial charge in [-0.3, -0.25) is 0 Å². The summed E-state index contributed by atoms with van der Waals surface area (Å²) in [5.41, 5.74) is 0. The number of rotatable bonds is 6. The lowest BCUT2D eigenvalue weighted by Gasteiger charge is -1.92. The summed E-state index contributed by atoms with van der Waals surface area (Å²) in [6.07, 6.45) is 7.97. The first-order valence-electron chi connectivity index (χ1n) is 7.22.